The molecule has 1 aliphatic rings. The molecular formula is C18H23FN4O. The minimum atomic E-state index is -0.229. The fourth-order valence-electron chi connectivity index (χ4n) is 3.11. The van der Waals surface area contributed by atoms with Gasteiger partial charge in [-0.05, 0) is 43.5 Å². The first-order valence-corrected chi connectivity index (χ1v) is 8.39. The Morgan fingerprint density at radius 1 is 1.46 bits per heavy atom. The first-order chi connectivity index (χ1) is 11.6. The van der Waals surface area contributed by atoms with Gasteiger partial charge in [0.2, 0.25) is 5.91 Å². The number of aryl methyl sites for hydroxylation is 2. The fourth-order valence-corrected chi connectivity index (χ4v) is 3.11. The lowest BCUT2D eigenvalue weighted by molar-refractivity contribution is -0.122. The van der Waals surface area contributed by atoms with Gasteiger partial charge >= 0.3 is 0 Å². The van der Waals surface area contributed by atoms with Crippen LogP contribution in [0, 0.1) is 12.7 Å². The molecule has 1 fully saturated rings. The van der Waals surface area contributed by atoms with Gasteiger partial charge in [-0.3, -0.25) is 9.48 Å². The molecule has 0 saturated carbocycles. The second kappa shape index (κ2) is 7.47. The van der Waals surface area contributed by atoms with Gasteiger partial charge in [-0.25, -0.2) is 4.39 Å². The Bertz CT molecular complexity index is 700. The van der Waals surface area contributed by atoms with Crippen LogP contribution >= 0.6 is 0 Å². The van der Waals surface area contributed by atoms with Crippen LogP contribution in [0.1, 0.15) is 24.8 Å². The van der Waals surface area contributed by atoms with Gasteiger partial charge in [0, 0.05) is 44.0 Å². The van der Waals surface area contributed by atoms with E-state index in [0.29, 0.717) is 13.0 Å². The molecule has 5 nitrogen and oxygen atoms in total. The normalized spacial score (nSPS) is 17.8. The highest BCUT2D eigenvalue weighted by molar-refractivity contribution is 5.76. The molecule has 1 aromatic carbocycles. The number of carbonyl (C=O) groups is 1. The summed E-state index contributed by atoms with van der Waals surface area (Å²) in [7, 11) is 0. The number of piperidine rings is 1. The Kier molecular flexibility index (Phi) is 5.13. The second-order valence-electron chi connectivity index (χ2n) is 6.36. The first-order valence-electron chi connectivity index (χ1n) is 8.39. The summed E-state index contributed by atoms with van der Waals surface area (Å²) in [4.78, 5) is 14.3. The zero-order chi connectivity index (χ0) is 16.9. The van der Waals surface area contributed by atoms with Crippen molar-refractivity contribution in [3.8, 4) is 0 Å². The average molecular weight is 330 g/mol. The number of benzene rings is 1. The predicted octanol–water partition coefficient (Wildman–Crippen LogP) is 2.51. The molecule has 24 heavy (non-hydrogen) atoms. The molecule has 0 aliphatic carbocycles. The molecule has 1 saturated heterocycles. The molecule has 0 spiro atoms. The molecule has 1 amide bonds. The molecule has 0 radical (unpaired) electrons. The van der Waals surface area contributed by atoms with E-state index in [-0.39, 0.29) is 17.8 Å². The van der Waals surface area contributed by atoms with Crippen molar-refractivity contribution in [2.24, 2.45) is 0 Å². The third-order valence-electron chi connectivity index (χ3n) is 4.29. The van der Waals surface area contributed by atoms with E-state index in [4.69, 9.17) is 0 Å². The lowest BCUT2D eigenvalue weighted by Crippen LogP contribution is -2.48. The van der Waals surface area contributed by atoms with E-state index < -0.39 is 0 Å². The van der Waals surface area contributed by atoms with Crippen LogP contribution in [0.3, 0.4) is 0 Å². The Hall–Kier alpha value is -2.37. The molecule has 0 bridgehead atoms. The molecular weight excluding hydrogens is 307 g/mol. The van der Waals surface area contributed by atoms with E-state index in [1.807, 2.05) is 19.2 Å². The molecule has 2 heterocycles. The number of nitrogens with zero attached hydrogens (tertiary/aromatic N) is 3. The quantitative estimate of drug-likeness (QED) is 0.916. The zero-order valence-corrected chi connectivity index (χ0v) is 13.9. The van der Waals surface area contributed by atoms with Crippen molar-refractivity contribution in [2.75, 3.05) is 18.0 Å². The van der Waals surface area contributed by atoms with Gasteiger partial charge in [-0.15, -0.1) is 0 Å². The lowest BCUT2D eigenvalue weighted by atomic mass is 10.0. The molecule has 1 aliphatic heterocycles. The zero-order valence-electron chi connectivity index (χ0n) is 13.9. The molecule has 2 aromatic rings. The Labute approximate surface area is 141 Å². The van der Waals surface area contributed by atoms with Crippen LogP contribution in [0.15, 0.2) is 36.7 Å². The maximum absolute atomic E-state index is 13.4. The number of amides is 1. The minimum absolute atomic E-state index is 0.0363. The predicted molar refractivity (Wildman–Crippen MR) is 91.4 cm³/mol. The number of rotatable bonds is 5. The van der Waals surface area contributed by atoms with Gasteiger partial charge in [-0.1, -0.05) is 6.07 Å². The minimum Gasteiger partial charge on any atom is -0.369 e. The van der Waals surface area contributed by atoms with Crippen molar-refractivity contribution in [3.63, 3.8) is 0 Å². The number of halogens is 1. The average Bonchev–Trinajstić information content (AvgIpc) is 2.99. The van der Waals surface area contributed by atoms with E-state index in [2.05, 4.69) is 15.3 Å². The van der Waals surface area contributed by atoms with Gasteiger partial charge in [0.25, 0.3) is 0 Å². The fraction of sp³-hybridized carbons (Fsp3) is 0.444. The van der Waals surface area contributed by atoms with Gasteiger partial charge in [0.15, 0.2) is 0 Å². The van der Waals surface area contributed by atoms with E-state index >= 15 is 0 Å². The van der Waals surface area contributed by atoms with Crippen molar-refractivity contribution < 1.29 is 9.18 Å². The summed E-state index contributed by atoms with van der Waals surface area (Å²) in [5.74, 6) is -0.192. The Morgan fingerprint density at radius 2 is 2.33 bits per heavy atom. The number of carbonyl (C=O) groups excluding carboxylic acids is 1. The van der Waals surface area contributed by atoms with Gasteiger partial charge < -0.3 is 10.2 Å². The number of nitrogens with one attached hydrogen (secondary N) is 1. The summed E-state index contributed by atoms with van der Waals surface area (Å²) >= 11 is 0. The van der Waals surface area contributed by atoms with Gasteiger partial charge in [-0.2, -0.15) is 5.10 Å². The van der Waals surface area contributed by atoms with Crippen LogP contribution in [-0.4, -0.2) is 34.8 Å². The first kappa shape index (κ1) is 16.5. The molecule has 1 atom stereocenters. The lowest BCUT2D eigenvalue weighted by Gasteiger charge is -2.34. The largest absolute Gasteiger partial charge is 0.369 e. The number of hydrogen-bond acceptors (Lipinski definition) is 3. The SMILES string of the molecule is Cc1cnn(CCC(=O)N[C@@H]2CCCN(c3cccc(F)c3)C2)c1. The summed E-state index contributed by atoms with van der Waals surface area (Å²) in [5, 5.41) is 7.28. The third-order valence-corrected chi connectivity index (χ3v) is 4.29. The summed E-state index contributed by atoms with van der Waals surface area (Å²) < 4.78 is 15.2. The van der Waals surface area contributed by atoms with Crippen molar-refractivity contribution in [2.45, 2.75) is 38.8 Å². The number of hydrogen-bond donors (Lipinski definition) is 1. The van der Waals surface area contributed by atoms with E-state index in [0.717, 1.165) is 37.2 Å². The maximum atomic E-state index is 13.4. The van der Waals surface area contributed by atoms with Gasteiger partial charge in [0.05, 0.1) is 6.20 Å². The maximum Gasteiger partial charge on any atom is 0.222 e. The van der Waals surface area contributed by atoms with Crippen LogP contribution < -0.4 is 10.2 Å². The van der Waals surface area contributed by atoms with E-state index in [1.165, 1.54) is 6.07 Å². The Morgan fingerprint density at radius 3 is 3.08 bits per heavy atom. The second-order valence-corrected chi connectivity index (χ2v) is 6.36. The molecule has 128 valence electrons. The van der Waals surface area contributed by atoms with Crippen molar-refractivity contribution in [3.05, 3.63) is 48.0 Å². The third kappa shape index (κ3) is 4.34. The monoisotopic (exact) mass is 330 g/mol. The molecule has 6 heteroatoms. The van der Waals surface area contributed by atoms with Crippen LogP contribution in [-0.2, 0) is 11.3 Å². The highest BCUT2D eigenvalue weighted by Gasteiger charge is 2.21. The molecule has 0 unspecified atom stereocenters. The topological polar surface area (TPSA) is 50.2 Å². The highest BCUT2D eigenvalue weighted by Crippen LogP contribution is 2.20. The number of anilines is 1. The summed E-state index contributed by atoms with van der Waals surface area (Å²) in [6.07, 6.45) is 6.07. The van der Waals surface area contributed by atoms with Crippen molar-refractivity contribution >= 4 is 11.6 Å². The van der Waals surface area contributed by atoms with Gasteiger partial charge in [0.1, 0.15) is 5.82 Å². The van der Waals surface area contributed by atoms with Crippen LogP contribution in [0.5, 0.6) is 0 Å². The molecule has 1 N–H and O–H groups in total. The summed E-state index contributed by atoms with van der Waals surface area (Å²) in [6.45, 7) is 4.17. The summed E-state index contributed by atoms with van der Waals surface area (Å²) in [6, 6.07) is 6.73. The van der Waals surface area contributed by atoms with E-state index in [1.54, 1.807) is 23.0 Å². The van der Waals surface area contributed by atoms with Crippen molar-refractivity contribution in [1.29, 1.82) is 0 Å². The van der Waals surface area contributed by atoms with Crippen molar-refractivity contribution in [1.82, 2.24) is 15.1 Å². The summed E-state index contributed by atoms with van der Waals surface area (Å²) in [5.41, 5.74) is 1.97. The molecule has 1 aromatic heterocycles. The highest BCUT2D eigenvalue weighted by atomic mass is 19.1. The van der Waals surface area contributed by atoms with Crippen LogP contribution in [0.4, 0.5) is 10.1 Å². The molecule has 3 rings (SSSR count). The standard InChI is InChI=1S/C18H23FN4O/c1-14-11-20-23(12-14)9-7-18(24)21-16-5-3-8-22(13-16)17-6-2-4-15(19)10-17/h2,4,6,10-12,16H,3,5,7-9,13H2,1H3,(H,21,24)/t16-/m1/s1. The Balaban J connectivity index is 1.50. The van der Waals surface area contributed by atoms with E-state index in [9.17, 15) is 9.18 Å². The van der Waals surface area contributed by atoms with Crippen LogP contribution in [0.25, 0.3) is 0 Å². The smallest absolute Gasteiger partial charge is 0.222 e. The van der Waals surface area contributed by atoms with Crippen LogP contribution in [0.2, 0.25) is 0 Å². The number of aromatic nitrogens is 2.